The molecule has 2 aromatic rings. The molecule has 0 spiro atoms. The Hall–Kier alpha value is -0.940. The van der Waals surface area contributed by atoms with E-state index < -0.39 is 0 Å². The minimum absolute atomic E-state index is 0.186. The van der Waals surface area contributed by atoms with Gasteiger partial charge in [0.15, 0.2) is 11.5 Å². The van der Waals surface area contributed by atoms with Crippen LogP contribution in [0, 0.1) is 9.49 Å². The van der Waals surface area contributed by atoms with Gasteiger partial charge < -0.3 is 9.47 Å². The van der Waals surface area contributed by atoms with Crippen molar-refractivity contribution in [1.82, 2.24) is 0 Å². The summed E-state index contributed by atoms with van der Waals surface area (Å²) in [7, 11) is 0. The van der Waals surface area contributed by atoms with Crippen LogP contribution in [-0.4, -0.2) is 13.2 Å². The monoisotopic (exact) mass is 414 g/mol. The lowest BCUT2D eigenvalue weighted by Crippen LogP contribution is -2.12. The molecule has 0 N–H and O–H groups in total. The number of benzene rings is 2. The number of halogens is 2. The van der Waals surface area contributed by atoms with Gasteiger partial charge in [-0.1, -0.05) is 25.1 Å². The molecular weight excluding hydrogens is 399 g/mol. The maximum Gasteiger partial charge on any atom is 0.161 e. The predicted molar refractivity (Wildman–Crippen MR) is 93.5 cm³/mol. The minimum atomic E-state index is -0.186. The topological polar surface area (TPSA) is 18.5 Å². The van der Waals surface area contributed by atoms with Crippen LogP contribution in [0.2, 0.25) is 0 Å². The maximum absolute atomic E-state index is 6.62. The van der Waals surface area contributed by atoms with Crippen LogP contribution in [0.1, 0.15) is 23.4 Å². The van der Waals surface area contributed by atoms with Gasteiger partial charge in [0.1, 0.15) is 0 Å². The smallest absolute Gasteiger partial charge is 0.161 e. The summed E-state index contributed by atoms with van der Waals surface area (Å²) in [5.41, 5.74) is 2.11. The first kappa shape index (κ1) is 15.0. The molecule has 0 fully saturated rings. The molecule has 21 heavy (non-hydrogen) atoms. The van der Waals surface area contributed by atoms with E-state index in [0.29, 0.717) is 19.1 Å². The quantitative estimate of drug-likeness (QED) is 0.507. The van der Waals surface area contributed by atoms with Crippen molar-refractivity contribution in [2.75, 3.05) is 13.2 Å². The van der Waals surface area contributed by atoms with Crippen LogP contribution in [0.15, 0.2) is 42.5 Å². The third kappa shape index (κ3) is 3.46. The molecule has 0 saturated carbocycles. The van der Waals surface area contributed by atoms with Crippen LogP contribution in [0.3, 0.4) is 0 Å². The average molecular weight is 415 g/mol. The summed E-state index contributed by atoms with van der Waals surface area (Å²) in [6.45, 7) is 3.48. The minimum Gasteiger partial charge on any atom is -0.489 e. The van der Waals surface area contributed by atoms with Crippen molar-refractivity contribution in [2.45, 2.75) is 12.3 Å². The Morgan fingerprint density at radius 1 is 1.05 bits per heavy atom. The molecule has 1 aliphatic rings. The Morgan fingerprint density at radius 3 is 2.52 bits per heavy atom. The number of hydrogen-bond acceptors (Lipinski definition) is 2. The summed E-state index contributed by atoms with van der Waals surface area (Å²) in [5.74, 6) is 1.98. The van der Waals surface area contributed by atoms with Gasteiger partial charge in [0.05, 0.1) is 18.6 Å². The molecule has 0 radical (unpaired) electrons. The lowest BCUT2D eigenvalue weighted by Gasteiger charge is -2.14. The van der Waals surface area contributed by atoms with Gasteiger partial charge in [-0.2, -0.15) is 0 Å². The first-order valence-electron chi connectivity index (χ1n) is 6.92. The zero-order chi connectivity index (χ0) is 14.8. The van der Waals surface area contributed by atoms with E-state index in [4.69, 9.17) is 21.1 Å². The summed E-state index contributed by atoms with van der Waals surface area (Å²) in [5, 5.41) is -0.186. The van der Waals surface area contributed by atoms with E-state index in [1.165, 1.54) is 3.57 Å². The summed E-state index contributed by atoms with van der Waals surface area (Å²) >= 11 is 8.91. The van der Waals surface area contributed by atoms with E-state index in [1.807, 2.05) is 30.3 Å². The van der Waals surface area contributed by atoms with Gasteiger partial charge >= 0.3 is 0 Å². The van der Waals surface area contributed by atoms with Crippen LogP contribution >= 0.6 is 34.2 Å². The SMILES string of the molecule is CC1COc2ccc(C(Cl)c3cccc(I)c3)cc2OC1. The highest BCUT2D eigenvalue weighted by atomic mass is 127. The van der Waals surface area contributed by atoms with Crippen LogP contribution in [0.25, 0.3) is 0 Å². The fourth-order valence-electron chi connectivity index (χ4n) is 2.28. The maximum atomic E-state index is 6.62. The van der Waals surface area contributed by atoms with E-state index in [2.05, 4.69) is 41.6 Å². The Kier molecular flexibility index (Phi) is 4.60. The summed E-state index contributed by atoms with van der Waals surface area (Å²) in [6.07, 6.45) is 0. The zero-order valence-corrected chi connectivity index (χ0v) is 14.6. The molecule has 3 rings (SSSR count). The number of hydrogen-bond donors (Lipinski definition) is 0. The molecule has 0 aromatic heterocycles. The first-order chi connectivity index (χ1) is 10.1. The molecule has 1 aliphatic heterocycles. The number of ether oxygens (including phenoxy) is 2. The first-order valence-corrected chi connectivity index (χ1v) is 8.44. The van der Waals surface area contributed by atoms with Crippen molar-refractivity contribution in [3.05, 3.63) is 57.2 Å². The van der Waals surface area contributed by atoms with E-state index in [1.54, 1.807) is 0 Å². The normalized spacial score (nSPS) is 18.9. The molecule has 0 amide bonds. The van der Waals surface area contributed by atoms with Crippen molar-refractivity contribution < 1.29 is 9.47 Å². The Balaban J connectivity index is 1.90. The Labute approximate surface area is 143 Å². The van der Waals surface area contributed by atoms with Gasteiger partial charge in [0.2, 0.25) is 0 Å². The van der Waals surface area contributed by atoms with Crippen molar-refractivity contribution in [3.8, 4) is 11.5 Å². The Morgan fingerprint density at radius 2 is 1.76 bits per heavy atom. The standard InChI is InChI=1S/C17H16ClIO2/c1-11-9-20-15-6-5-13(8-16(15)21-10-11)17(18)12-3-2-4-14(19)7-12/h2-8,11,17H,9-10H2,1H3. The second kappa shape index (κ2) is 6.44. The highest BCUT2D eigenvalue weighted by Crippen LogP contribution is 2.37. The second-order valence-corrected chi connectivity index (χ2v) is 7.03. The summed E-state index contributed by atoms with van der Waals surface area (Å²) < 4.78 is 12.8. The lowest BCUT2D eigenvalue weighted by atomic mass is 10.0. The van der Waals surface area contributed by atoms with Crippen LogP contribution in [0.4, 0.5) is 0 Å². The number of alkyl halides is 1. The second-order valence-electron chi connectivity index (χ2n) is 5.35. The third-order valence-corrected chi connectivity index (χ3v) is 4.62. The van der Waals surface area contributed by atoms with E-state index >= 15 is 0 Å². The van der Waals surface area contributed by atoms with E-state index in [9.17, 15) is 0 Å². The average Bonchev–Trinajstić information content (AvgIpc) is 2.68. The van der Waals surface area contributed by atoms with Gasteiger partial charge in [-0.05, 0) is 58.0 Å². The molecular formula is C17H16ClIO2. The van der Waals surface area contributed by atoms with Gasteiger partial charge in [0.25, 0.3) is 0 Å². The van der Waals surface area contributed by atoms with E-state index in [-0.39, 0.29) is 5.38 Å². The van der Waals surface area contributed by atoms with Crippen molar-refractivity contribution >= 4 is 34.2 Å². The summed E-state index contributed by atoms with van der Waals surface area (Å²) in [4.78, 5) is 0. The molecule has 0 saturated heterocycles. The van der Waals surface area contributed by atoms with Gasteiger partial charge in [0, 0.05) is 9.49 Å². The number of fused-ring (bicyclic) bond motifs is 1. The lowest BCUT2D eigenvalue weighted by molar-refractivity contribution is 0.228. The Bertz CT molecular complexity index is 644. The van der Waals surface area contributed by atoms with Gasteiger partial charge in [-0.15, -0.1) is 11.6 Å². The molecule has 4 heteroatoms. The highest BCUT2D eigenvalue weighted by molar-refractivity contribution is 14.1. The van der Waals surface area contributed by atoms with Gasteiger partial charge in [-0.3, -0.25) is 0 Å². The van der Waals surface area contributed by atoms with E-state index in [0.717, 1.165) is 22.6 Å². The molecule has 0 bridgehead atoms. The van der Waals surface area contributed by atoms with Crippen molar-refractivity contribution in [3.63, 3.8) is 0 Å². The summed E-state index contributed by atoms with van der Waals surface area (Å²) in [6, 6.07) is 14.2. The largest absolute Gasteiger partial charge is 0.489 e. The van der Waals surface area contributed by atoms with Crippen LogP contribution < -0.4 is 9.47 Å². The molecule has 2 nitrogen and oxygen atoms in total. The van der Waals surface area contributed by atoms with Crippen LogP contribution in [0.5, 0.6) is 11.5 Å². The fourth-order valence-corrected chi connectivity index (χ4v) is 3.12. The fraction of sp³-hybridized carbons (Fsp3) is 0.294. The molecule has 2 unspecified atom stereocenters. The molecule has 0 aliphatic carbocycles. The highest BCUT2D eigenvalue weighted by Gasteiger charge is 2.18. The van der Waals surface area contributed by atoms with Gasteiger partial charge in [-0.25, -0.2) is 0 Å². The molecule has 2 aromatic carbocycles. The zero-order valence-electron chi connectivity index (χ0n) is 11.7. The number of rotatable bonds is 2. The molecule has 1 heterocycles. The molecule has 2 atom stereocenters. The van der Waals surface area contributed by atoms with Crippen LogP contribution in [-0.2, 0) is 0 Å². The molecule has 110 valence electrons. The predicted octanol–water partition coefficient (Wildman–Crippen LogP) is 5.03. The van der Waals surface area contributed by atoms with Crippen molar-refractivity contribution in [2.24, 2.45) is 5.92 Å². The third-order valence-electron chi connectivity index (χ3n) is 3.45. The van der Waals surface area contributed by atoms with Crippen molar-refractivity contribution in [1.29, 1.82) is 0 Å².